The molecule has 170 valence electrons. The van der Waals surface area contributed by atoms with Crippen molar-refractivity contribution in [2.75, 3.05) is 30.6 Å². The van der Waals surface area contributed by atoms with Crippen LogP contribution in [-0.4, -0.2) is 62.4 Å². The van der Waals surface area contributed by atoms with Crippen LogP contribution in [0.3, 0.4) is 0 Å². The Balaban J connectivity index is 1.52. The summed E-state index contributed by atoms with van der Waals surface area (Å²) in [6.45, 7) is 8.10. The Morgan fingerprint density at radius 2 is 2.16 bits per heavy atom. The average molecular weight is 452 g/mol. The van der Waals surface area contributed by atoms with Gasteiger partial charge in [-0.1, -0.05) is 4.57 Å². The molecule has 2 atom stereocenters. The zero-order valence-corrected chi connectivity index (χ0v) is 19.3. The fourth-order valence-corrected chi connectivity index (χ4v) is 4.00. The number of carbonyl (C=O) groups is 1. The van der Waals surface area contributed by atoms with Crippen LogP contribution in [0.5, 0.6) is 0 Å². The lowest BCUT2D eigenvalue weighted by Gasteiger charge is -2.20. The number of ether oxygens (including phenoxy) is 2. The quantitative estimate of drug-likeness (QED) is 0.248. The van der Waals surface area contributed by atoms with Gasteiger partial charge in [-0.05, 0) is 40.5 Å². The Kier molecular flexibility index (Phi) is 7.40. The summed E-state index contributed by atoms with van der Waals surface area (Å²) < 4.78 is 25.2. The second-order valence-electron chi connectivity index (χ2n) is 8.05. The molecule has 0 radical (unpaired) electrons. The Labute approximate surface area is 182 Å². The number of carbonyl (C=O) groups excluding carboxylic acids is 1. The number of hydrogen-bond acceptors (Lipinski definition) is 10. The number of nitrogens with one attached hydrogen (secondary N) is 2. The van der Waals surface area contributed by atoms with Gasteiger partial charge in [0, 0.05) is 12.6 Å². The van der Waals surface area contributed by atoms with Crippen molar-refractivity contribution in [3.63, 3.8) is 0 Å². The van der Waals surface area contributed by atoms with Gasteiger partial charge < -0.3 is 25.1 Å². The molecule has 1 aliphatic rings. The van der Waals surface area contributed by atoms with Crippen LogP contribution in [0.2, 0.25) is 0 Å². The summed E-state index contributed by atoms with van der Waals surface area (Å²) in [5, 5.41) is 5.60. The van der Waals surface area contributed by atoms with Crippen molar-refractivity contribution >= 4 is 36.7 Å². The van der Waals surface area contributed by atoms with Gasteiger partial charge in [0.2, 0.25) is 17.6 Å². The first-order chi connectivity index (χ1) is 14.7. The fraction of sp³-hybridized carbons (Fsp3) is 0.684. The van der Waals surface area contributed by atoms with Crippen LogP contribution in [0.15, 0.2) is 6.33 Å². The van der Waals surface area contributed by atoms with Gasteiger partial charge in [0.1, 0.15) is 6.04 Å². The van der Waals surface area contributed by atoms with Crippen LogP contribution >= 0.6 is 7.80 Å². The Morgan fingerprint density at radius 1 is 1.42 bits per heavy atom. The third-order valence-electron chi connectivity index (χ3n) is 4.92. The lowest BCUT2D eigenvalue weighted by atomic mass is 10.3. The topological polar surface area (TPSA) is 146 Å². The number of anilines is 2. The maximum absolute atomic E-state index is 12.7. The Morgan fingerprint density at radius 3 is 2.84 bits per heavy atom. The number of hydrogen-bond donors (Lipinski definition) is 3. The number of aromatic nitrogens is 4. The van der Waals surface area contributed by atoms with Gasteiger partial charge >= 0.3 is 13.8 Å². The summed E-state index contributed by atoms with van der Waals surface area (Å²) in [6, 6.07) is -0.138. The average Bonchev–Trinajstić information content (AvgIpc) is 3.43. The molecule has 3 rings (SSSR count). The number of esters is 1. The molecule has 31 heavy (non-hydrogen) atoms. The summed E-state index contributed by atoms with van der Waals surface area (Å²) >= 11 is 0. The number of nitrogens with zero attached hydrogens (tertiary/aromatic N) is 4. The standard InChI is InChI=1S/C19H31N7O4P/c1-5-30-17(27)12(2)25-19(3,4)31(28)11-29-9-8-26-10-21-14-15(22-13-6-7-13)23-18(20)24-16(14)26/h10,12-13,25H,5-9,11H2,1-4H3,(H3,20,22,23,24)/q+1. The molecule has 1 aliphatic carbocycles. The van der Waals surface area contributed by atoms with Crippen molar-refractivity contribution in [1.82, 2.24) is 24.8 Å². The van der Waals surface area contributed by atoms with Crippen molar-refractivity contribution in [3.8, 4) is 0 Å². The Hall–Kier alpha value is -2.36. The van der Waals surface area contributed by atoms with E-state index in [0.29, 0.717) is 42.8 Å². The third-order valence-corrected chi connectivity index (χ3v) is 6.71. The molecule has 1 saturated carbocycles. The monoisotopic (exact) mass is 452 g/mol. The zero-order valence-electron chi connectivity index (χ0n) is 18.4. The highest BCUT2D eigenvalue weighted by molar-refractivity contribution is 7.46. The Bertz CT molecular complexity index is 945. The minimum Gasteiger partial charge on any atom is -0.465 e. The molecule has 0 aromatic carbocycles. The van der Waals surface area contributed by atoms with Crippen molar-refractivity contribution in [1.29, 1.82) is 0 Å². The maximum atomic E-state index is 12.7. The number of nitrogen functional groups attached to an aromatic ring is 1. The van der Waals surface area contributed by atoms with Gasteiger partial charge in [0.25, 0.3) is 0 Å². The maximum Gasteiger partial charge on any atom is 0.388 e. The lowest BCUT2D eigenvalue weighted by molar-refractivity contribution is -0.145. The van der Waals surface area contributed by atoms with Crippen molar-refractivity contribution in [3.05, 3.63) is 6.33 Å². The van der Waals surface area contributed by atoms with Crippen LogP contribution in [0.4, 0.5) is 11.8 Å². The summed E-state index contributed by atoms with van der Waals surface area (Å²) in [5.41, 5.74) is 7.16. The summed E-state index contributed by atoms with van der Waals surface area (Å²) in [7, 11) is -1.78. The summed E-state index contributed by atoms with van der Waals surface area (Å²) in [4.78, 5) is 24.8. The SMILES string of the molecule is CCOC(=O)C(C)NC(C)(C)[P+](=O)COCCn1cnc2c(NC3CC3)nc(N)nc21. The van der Waals surface area contributed by atoms with Gasteiger partial charge in [-0.25, -0.2) is 4.98 Å². The zero-order chi connectivity index (χ0) is 22.6. The molecule has 12 heteroatoms. The minimum atomic E-state index is -1.78. The van der Waals surface area contributed by atoms with Crippen LogP contribution < -0.4 is 16.4 Å². The van der Waals surface area contributed by atoms with E-state index in [9.17, 15) is 9.36 Å². The van der Waals surface area contributed by atoms with E-state index in [0.717, 1.165) is 12.8 Å². The van der Waals surface area contributed by atoms with E-state index in [1.165, 1.54) is 0 Å². The molecule has 0 saturated heterocycles. The van der Waals surface area contributed by atoms with Crippen LogP contribution in [0.1, 0.15) is 40.5 Å². The highest BCUT2D eigenvalue weighted by Crippen LogP contribution is 2.36. The van der Waals surface area contributed by atoms with Gasteiger partial charge in [-0.3, -0.25) is 10.1 Å². The minimum absolute atomic E-state index is 0.0586. The van der Waals surface area contributed by atoms with E-state index < -0.39 is 19.1 Å². The molecule has 4 N–H and O–H groups in total. The lowest BCUT2D eigenvalue weighted by Crippen LogP contribution is -2.46. The van der Waals surface area contributed by atoms with Crippen LogP contribution in [0, 0.1) is 0 Å². The number of nitrogens with two attached hydrogens (primary N) is 1. The molecule has 11 nitrogen and oxygen atoms in total. The van der Waals surface area contributed by atoms with Crippen LogP contribution in [-0.2, 0) is 25.4 Å². The molecule has 0 bridgehead atoms. The molecular formula is C19H31N7O4P+. The molecule has 2 aromatic heterocycles. The normalized spacial score (nSPS) is 15.7. The third kappa shape index (κ3) is 6.09. The summed E-state index contributed by atoms with van der Waals surface area (Å²) in [6.07, 6.45) is 3.96. The van der Waals surface area contributed by atoms with E-state index in [-0.39, 0.29) is 18.3 Å². The molecule has 2 heterocycles. The highest BCUT2D eigenvalue weighted by atomic mass is 31.1. The first-order valence-electron chi connectivity index (χ1n) is 10.4. The van der Waals surface area contributed by atoms with E-state index in [2.05, 4.69) is 25.6 Å². The van der Waals surface area contributed by atoms with E-state index in [4.69, 9.17) is 15.2 Å². The van der Waals surface area contributed by atoms with Crippen molar-refractivity contribution < 1.29 is 18.8 Å². The number of rotatable bonds is 12. The van der Waals surface area contributed by atoms with Gasteiger partial charge in [-0.2, -0.15) is 9.97 Å². The second kappa shape index (κ2) is 9.84. The van der Waals surface area contributed by atoms with Crippen LogP contribution in [0.25, 0.3) is 11.2 Å². The van der Waals surface area contributed by atoms with Crippen molar-refractivity contribution in [2.45, 2.75) is 64.4 Å². The molecule has 0 aliphatic heterocycles. The number of imidazole rings is 1. The van der Waals surface area contributed by atoms with E-state index in [1.54, 1.807) is 34.0 Å². The first-order valence-corrected chi connectivity index (χ1v) is 11.9. The van der Waals surface area contributed by atoms with Crippen molar-refractivity contribution in [2.24, 2.45) is 0 Å². The predicted octanol–water partition coefficient (Wildman–Crippen LogP) is 2.06. The highest BCUT2D eigenvalue weighted by Gasteiger charge is 2.41. The second-order valence-corrected chi connectivity index (χ2v) is 10.2. The van der Waals surface area contributed by atoms with Gasteiger partial charge in [0.05, 0.1) is 19.5 Å². The first kappa shape index (κ1) is 23.3. The molecule has 2 unspecified atom stereocenters. The predicted molar refractivity (Wildman–Crippen MR) is 118 cm³/mol. The smallest absolute Gasteiger partial charge is 0.388 e. The fourth-order valence-electron chi connectivity index (χ4n) is 3.05. The molecular weight excluding hydrogens is 421 g/mol. The van der Waals surface area contributed by atoms with E-state index >= 15 is 0 Å². The molecule has 0 amide bonds. The summed E-state index contributed by atoms with van der Waals surface area (Å²) in [5.74, 6) is 0.463. The molecule has 2 aromatic rings. The van der Waals surface area contributed by atoms with Gasteiger partial charge in [-0.15, -0.1) is 0 Å². The van der Waals surface area contributed by atoms with Gasteiger partial charge in [0.15, 0.2) is 17.0 Å². The van der Waals surface area contributed by atoms with E-state index in [1.807, 2.05) is 4.57 Å². The number of fused-ring (bicyclic) bond motifs is 1. The molecule has 1 fully saturated rings. The largest absolute Gasteiger partial charge is 0.465 e. The molecule has 0 spiro atoms.